The summed E-state index contributed by atoms with van der Waals surface area (Å²) < 4.78 is 26.6. The van der Waals surface area contributed by atoms with Crippen molar-refractivity contribution in [1.82, 2.24) is 19.8 Å². The number of hydrogen-bond acceptors (Lipinski definition) is 7. The first-order valence-electron chi connectivity index (χ1n) is 13.7. The molecule has 2 aromatic carbocycles. The van der Waals surface area contributed by atoms with E-state index in [-0.39, 0.29) is 17.8 Å². The molecule has 0 bridgehead atoms. The number of allylic oxidation sites excluding steroid dienone is 1. The van der Waals surface area contributed by atoms with Crippen LogP contribution < -0.4 is 5.32 Å². The molecule has 1 saturated heterocycles. The molecule has 0 radical (unpaired) electrons. The van der Waals surface area contributed by atoms with Crippen LogP contribution in [0.25, 0.3) is 11.6 Å². The number of aromatic nitrogens is 2. The van der Waals surface area contributed by atoms with E-state index in [0.29, 0.717) is 44.0 Å². The first kappa shape index (κ1) is 30.5. The second-order valence-corrected chi connectivity index (χ2v) is 11.0. The van der Waals surface area contributed by atoms with Crippen LogP contribution in [0.3, 0.4) is 0 Å². The third-order valence-electron chi connectivity index (χ3n) is 6.75. The number of halogens is 1. The number of nitrogens with one attached hydrogen (secondary N) is 1. The number of imidazole rings is 1. The standard InChI is InChI=1S/C31H37FN4O4S/c1-23(20-35-13-15-39-16-14-35)40-31(38)29(10-17-41-2)34-30(37)26-5-3-4-24(18-26)19-27(21-36-12-11-33-22-36)25-6-8-28(32)9-7-25/h3-9,11-12,18-19,22-23,29H,10,13-17,20-21H2,1-2H3,(H,34,37)/b27-19+. The zero-order valence-electron chi connectivity index (χ0n) is 23.5. The van der Waals surface area contributed by atoms with Crippen molar-refractivity contribution in [2.24, 2.45) is 0 Å². The molecular weight excluding hydrogens is 543 g/mol. The van der Waals surface area contributed by atoms with E-state index in [4.69, 9.17) is 9.47 Å². The van der Waals surface area contributed by atoms with E-state index in [1.165, 1.54) is 12.1 Å². The fraction of sp³-hybridized carbons (Fsp3) is 0.387. The maximum atomic E-state index is 13.6. The van der Waals surface area contributed by atoms with Crippen molar-refractivity contribution >= 4 is 35.3 Å². The van der Waals surface area contributed by atoms with Crippen molar-refractivity contribution in [2.75, 3.05) is 44.9 Å². The van der Waals surface area contributed by atoms with Crippen LogP contribution in [0.2, 0.25) is 0 Å². The molecule has 2 unspecified atom stereocenters. The molecule has 2 atom stereocenters. The van der Waals surface area contributed by atoms with Crippen LogP contribution in [0, 0.1) is 5.82 Å². The molecule has 1 aliphatic heterocycles. The zero-order valence-corrected chi connectivity index (χ0v) is 24.3. The zero-order chi connectivity index (χ0) is 29.0. The van der Waals surface area contributed by atoms with Gasteiger partial charge in [0.15, 0.2) is 0 Å². The average molecular weight is 581 g/mol. The van der Waals surface area contributed by atoms with Crippen LogP contribution in [0.15, 0.2) is 67.3 Å². The van der Waals surface area contributed by atoms with Crippen molar-refractivity contribution in [2.45, 2.75) is 32.0 Å². The van der Waals surface area contributed by atoms with E-state index in [0.717, 1.165) is 29.8 Å². The predicted octanol–water partition coefficient (Wildman–Crippen LogP) is 4.38. The van der Waals surface area contributed by atoms with Gasteiger partial charge >= 0.3 is 5.97 Å². The maximum Gasteiger partial charge on any atom is 0.328 e. The average Bonchev–Trinajstić information content (AvgIpc) is 3.49. The number of carbonyl (C=O) groups is 2. The number of amides is 1. The van der Waals surface area contributed by atoms with Crippen molar-refractivity contribution in [1.29, 1.82) is 0 Å². The molecule has 2 heterocycles. The Balaban J connectivity index is 1.47. The lowest BCUT2D eigenvalue weighted by Gasteiger charge is -2.29. The first-order chi connectivity index (χ1) is 19.9. The highest BCUT2D eigenvalue weighted by molar-refractivity contribution is 7.98. The fourth-order valence-corrected chi connectivity index (χ4v) is 5.09. The molecule has 3 aromatic rings. The van der Waals surface area contributed by atoms with E-state index >= 15 is 0 Å². The summed E-state index contributed by atoms with van der Waals surface area (Å²) in [5.74, 6) is -0.375. The van der Waals surface area contributed by atoms with Gasteiger partial charge in [0.05, 0.1) is 19.5 Å². The first-order valence-corrected chi connectivity index (χ1v) is 15.1. The monoisotopic (exact) mass is 580 g/mol. The number of morpholine rings is 1. The van der Waals surface area contributed by atoms with Gasteiger partial charge < -0.3 is 19.4 Å². The van der Waals surface area contributed by atoms with E-state index in [9.17, 15) is 14.0 Å². The molecule has 1 fully saturated rings. The van der Waals surface area contributed by atoms with Crippen LogP contribution >= 0.6 is 11.8 Å². The smallest absolute Gasteiger partial charge is 0.328 e. The number of thioether (sulfide) groups is 1. The molecule has 1 amide bonds. The summed E-state index contributed by atoms with van der Waals surface area (Å²) >= 11 is 1.61. The molecule has 4 rings (SSSR count). The molecule has 10 heteroatoms. The lowest BCUT2D eigenvalue weighted by Crippen LogP contribution is -2.45. The minimum absolute atomic E-state index is 0.303. The van der Waals surface area contributed by atoms with Gasteiger partial charge in [-0.25, -0.2) is 14.2 Å². The van der Waals surface area contributed by atoms with Gasteiger partial charge in [0.25, 0.3) is 5.91 Å². The quantitative estimate of drug-likeness (QED) is 0.237. The van der Waals surface area contributed by atoms with Crippen molar-refractivity contribution in [3.8, 4) is 0 Å². The number of esters is 1. The number of nitrogens with zero attached hydrogens (tertiary/aromatic N) is 3. The molecule has 0 spiro atoms. The summed E-state index contributed by atoms with van der Waals surface area (Å²) in [6.45, 7) is 6.00. The van der Waals surface area contributed by atoms with Gasteiger partial charge in [-0.05, 0) is 72.4 Å². The van der Waals surface area contributed by atoms with E-state index in [2.05, 4.69) is 15.2 Å². The van der Waals surface area contributed by atoms with Crippen LogP contribution in [0.4, 0.5) is 4.39 Å². The van der Waals surface area contributed by atoms with Crippen molar-refractivity contribution in [3.05, 3.63) is 89.8 Å². The molecule has 8 nitrogen and oxygen atoms in total. The topological polar surface area (TPSA) is 85.7 Å². The minimum Gasteiger partial charge on any atom is -0.460 e. The van der Waals surface area contributed by atoms with Gasteiger partial charge in [0.1, 0.15) is 18.0 Å². The normalized spacial score (nSPS) is 15.7. The second-order valence-electron chi connectivity index (χ2n) is 10.0. The SMILES string of the molecule is CSCCC(NC(=O)c1cccc(/C=C(\Cn2ccnc2)c2ccc(F)cc2)c1)C(=O)OC(C)CN1CCOCC1. The van der Waals surface area contributed by atoms with Crippen LogP contribution in [0.1, 0.15) is 34.8 Å². The lowest BCUT2D eigenvalue weighted by molar-refractivity contribution is -0.151. The van der Waals surface area contributed by atoms with E-state index < -0.39 is 12.0 Å². The van der Waals surface area contributed by atoms with Gasteiger partial charge in [-0.2, -0.15) is 11.8 Å². The molecular formula is C31H37FN4O4S. The summed E-state index contributed by atoms with van der Waals surface area (Å²) in [5, 5.41) is 2.90. The van der Waals surface area contributed by atoms with E-state index in [1.807, 2.05) is 36.1 Å². The Hall–Kier alpha value is -3.47. The largest absolute Gasteiger partial charge is 0.460 e. The van der Waals surface area contributed by atoms with Crippen molar-refractivity contribution in [3.63, 3.8) is 0 Å². The third kappa shape index (κ3) is 9.55. The van der Waals surface area contributed by atoms with Crippen molar-refractivity contribution < 1.29 is 23.5 Å². The van der Waals surface area contributed by atoms with Gasteiger partial charge in [-0.3, -0.25) is 9.69 Å². The number of ether oxygens (including phenoxy) is 2. The number of hydrogen-bond donors (Lipinski definition) is 1. The summed E-state index contributed by atoms with van der Waals surface area (Å²) in [4.78, 5) is 32.7. The minimum atomic E-state index is -0.752. The van der Waals surface area contributed by atoms with Crippen LogP contribution in [-0.2, 0) is 20.8 Å². The highest BCUT2D eigenvalue weighted by Gasteiger charge is 2.25. The Kier molecular flexibility index (Phi) is 11.5. The predicted molar refractivity (Wildman–Crippen MR) is 160 cm³/mol. The molecule has 1 N–H and O–H groups in total. The Morgan fingerprint density at radius 2 is 1.95 bits per heavy atom. The Bertz CT molecular complexity index is 1290. The number of carbonyl (C=O) groups excluding carboxylic acids is 2. The van der Waals surface area contributed by atoms with Gasteiger partial charge in [-0.15, -0.1) is 0 Å². The van der Waals surface area contributed by atoms with Crippen LogP contribution in [-0.4, -0.2) is 83.3 Å². The highest BCUT2D eigenvalue weighted by atomic mass is 32.2. The number of rotatable bonds is 13. The van der Waals surface area contributed by atoms with Gasteiger partial charge in [-0.1, -0.05) is 24.3 Å². The maximum absolute atomic E-state index is 13.6. The molecule has 0 saturated carbocycles. The summed E-state index contributed by atoms with van der Waals surface area (Å²) in [6, 6.07) is 12.8. The fourth-order valence-electron chi connectivity index (χ4n) is 4.62. The van der Waals surface area contributed by atoms with E-state index in [1.54, 1.807) is 54.6 Å². The summed E-state index contributed by atoms with van der Waals surface area (Å²) in [7, 11) is 0. The molecule has 0 aliphatic carbocycles. The summed E-state index contributed by atoms with van der Waals surface area (Å²) in [6.07, 6.45) is 9.38. The molecule has 218 valence electrons. The highest BCUT2D eigenvalue weighted by Crippen LogP contribution is 2.22. The van der Waals surface area contributed by atoms with Gasteiger partial charge in [0.2, 0.25) is 0 Å². The van der Waals surface area contributed by atoms with Crippen LogP contribution in [0.5, 0.6) is 0 Å². The Morgan fingerprint density at radius 1 is 1.17 bits per heavy atom. The molecule has 41 heavy (non-hydrogen) atoms. The molecule has 1 aromatic heterocycles. The molecule has 1 aliphatic rings. The summed E-state index contributed by atoms with van der Waals surface area (Å²) in [5.41, 5.74) is 3.03. The Morgan fingerprint density at radius 3 is 2.66 bits per heavy atom. The van der Waals surface area contributed by atoms with Gasteiger partial charge in [0, 0.05) is 44.1 Å². The third-order valence-corrected chi connectivity index (χ3v) is 7.40. The second kappa shape index (κ2) is 15.5. The number of benzene rings is 2. The Labute approximate surface area is 244 Å². The lowest BCUT2D eigenvalue weighted by atomic mass is 10.0.